The number of pyridine rings is 2. The quantitative estimate of drug-likeness (QED) is 0.0900. The summed E-state index contributed by atoms with van der Waals surface area (Å²) in [4.78, 5) is 45.0. The van der Waals surface area contributed by atoms with Crippen LogP contribution < -0.4 is 20.9 Å². The first kappa shape index (κ1) is 49.4. The third kappa shape index (κ3) is 12.7. The van der Waals surface area contributed by atoms with Crippen molar-refractivity contribution >= 4 is 28.9 Å². The van der Waals surface area contributed by atoms with Gasteiger partial charge in [0.2, 0.25) is 0 Å². The number of anilines is 3. The average Bonchev–Trinajstić information content (AvgIpc) is 3.45. The zero-order chi connectivity index (χ0) is 50.6. The van der Waals surface area contributed by atoms with E-state index in [1.807, 2.05) is 72.9 Å². The van der Waals surface area contributed by atoms with Crippen LogP contribution in [-0.4, -0.2) is 101 Å². The number of benzene rings is 5. The van der Waals surface area contributed by atoms with Gasteiger partial charge in [-0.15, -0.1) is 0 Å². The minimum absolute atomic E-state index is 0.107. The first-order chi connectivity index (χ1) is 36.3. The topological polar surface area (TPSA) is 157 Å². The Morgan fingerprint density at radius 3 is 1.57 bits per heavy atom. The molecule has 3 aliphatic rings. The normalized spacial score (nSPS) is 15.9. The Hall–Kier alpha value is -8.20. The number of carbonyl (C=O) groups is 2. The number of piperidine rings is 2. The number of nitrogens with one attached hydrogen (secondary N) is 3. The molecular formula is C61H61N11O2. The molecule has 0 bridgehead atoms. The fourth-order valence-electron chi connectivity index (χ4n) is 10.3. The Morgan fingerprint density at radius 2 is 1.03 bits per heavy atom. The van der Waals surface area contributed by atoms with Crippen LogP contribution in [0.3, 0.4) is 0 Å². The van der Waals surface area contributed by atoms with E-state index in [2.05, 4.69) is 130 Å². The molecule has 0 saturated carbocycles. The van der Waals surface area contributed by atoms with Gasteiger partial charge in [-0.2, -0.15) is 10.5 Å². The Bertz CT molecular complexity index is 3090. The summed E-state index contributed by atoms with van der Waals surface area (Å²) in [5.41, 5.74) is 13.3. The van der Waals surface area contributed by atoms with Gasteiger partial charge in [0.25, 0.3) is 11.8 Å². The summed E-state index contributed by atoms with van der Waals surface area (Å²) in [5.74, 6) is -0.276. The van der Waals surface area contributed by atoms with E-state index >= 15 is 0 Å². The maximum absolute atomic E-state index is 13.2. The highest BCUT2D eigenvalue weighted by Gasteiger charge is 2.25. The SMILES string of the molecule is N#Cc1ccc(CN2CCC(NC(=O)c3ccc(Nc4ccc(-c5cccc(-c6ccccc6CN6CCN(c7ccc(C(=O)NC8CCN(Cc9ccc(C#N)cc9)CC8)nc7)CC6)c5)cc4)cn3)CC2)cc1. The first-order valence-electron chi connectivity index (χ1n) is 25.8. The molecule has 13 heteroatoms. The van der Waals surface area contributed by atoms with Crippen LogP contribution in [0.15, 0.2) is 158 Å². The molecule has 5 aromatic carbocycles. The highest BCUT2D eigenvalue weighted by atomic mass is 16.2. The van der Waals surface area contributed by atoms with Crippen LogP contribution >= 0.6 is 0 Å². The first-order valence-corrected chi connectivity index (χ1v) is 25.8. The molecule has 0 atom stereocenters. The molecule has 0 spiro atoms. The van der Waals surface area contributed by atoms with Crippen LogP contribution in [0.1, 0.15) is 74.5 Å². The lowest BCUT2D eigenvalue weighted by molar-refractivity contribution is 0.0896. The molecule has 2 aromatic heterocycles. The van der Waals surface area contributed by atoms with Crippen molar-refractivity contribution in [1.29, 1.82) is 10.5 Å². The van der Waals surface area contributed by atoms with Crippen molar-refractivity contribution in [3.8, 4) is 34.4 Å². The number of carbonyl (C=O) groups excluding carboxylic acids is 2. The van der Waals surface area contributed by atoms with Gasteiger partial charge in [-0.05, 0) is 131 Å². The lowest BCUT2D eigenvalue weighted by Crippen LogP contribution is -2.46. The highest BCUT2D eigenvalue weighted by molar-refractivity contribution is 5.93. The van der Waals surface area contributed by atoms with Gasteiger partial charge >= 0.3 is 0 Å². The predicted molar refractivity (Wildman–Crippen MR) is 290 cm³/mol. The molecule has 13 nitrogen and oxygen atoms in total. The summed E-state index contributed by atoms with van der Waals surface area (Å²) in [6, 6.07) is 53.5. The molecule has 0 unspecified atom stereocenters. The number of hydrogen-bond donors (Lipinski definition) is 3. The molecule has 5 heterocycles. The minimum Gasteiger partial charge on any atom is -0.368 e. The zero-order valence-electron chi connectivity index (χ0n) is 41.7. The van der Waals surface area contributed by atoms with E-state index in [9.17, 15) is 9.59 Å². The molecule has 2 amide bonds. The smallest absolute Gasteiger partial charge is 0.270 e. The number of nitriles is 2. The molecule has 3 aliphatic heterocycles. The van der Waals surface area contributed by atoms with Crippen molar-refractivity contribution in [2.75, 3.05) is 62.6 Å². The Kier molecular flexibility index (Phi) is 15.7. The largest absolute Gasteiger partial charge is 0.368 e. The lowest BCUT2D eigenvalue weighted by Gasteiger charge is -2.36. The van der Waals surface area contributed by atoms with Crippen LogP contribution in [0.5, 0.6) is 0 Å². The Balaban J connectivity index is 0.666. The number of aromatic nitrogens is 2. The van der Waals surface area contributed by atoms with Crippen molar-refractivity contribution in [3.05, 3.63) is 197 Å². The fourth-order valence-corrected chi connectivity index (χ4v) is 10.3. The van der Waals surface area contributed by atoms with Crippen LogP contribution in [0.25, 0.3) is 22.3 Å². The average molecular weight is 980 g/mol. The maximum Gasteiger partial charge on any atom is 0.270 e. The number of likely N-dealkylation sites (tertiary alicyclic amines) is 2. The van der Waals surface area contributed by atoms with Crippen molar-refractivity contribution < 1.29 is 9.59 Å². The number of piperazine rings is 1. The van der Waals surface area contributed by atoms with Crippen LogP contribution in [0.2, 0.25) is 0 Å². The van der Waals surface area contributed by atoms with E-state index in [4.69, 9.17) is 10.5 Å². The second-order valence-electron chi connectivity index (χ2n) is 19.7. The lowest BCUT2D eigenvalue weighted by atomic mass is 9.95. The third-order valence-electron chi connectivity index (χ3n) is 14.6. The van der Waals surface area contributed by atoms with Gasteiger partial charge in [-0.25, -0.2) is 9.97 Å². The van der Waals surface area contributed by atoms with Gasteiger partial charge in [0, 0.05) is 89.8 Å². The van der Waals surface area contributed by atoms with E-state index < -0.39 is 0 Å². The van der Waals surface area contributed by atoms with Crippen molar-refractivity contribution in [1.82, 2.24) is 35.3 Å². The molecule has 3 fully saturated rings. The molecule has 74 heavy (non-hydrogen) atoms. The molecule has 0 aliphatic carbocycles. The third-order valence-corrected chi connectivity index (χ3v) is 14.6. The van der Waals surface area contributed by atoms with Crippen molar-refractivity contribution in [3.63, 3.8) is 0 Å². The molecule has 0 radical (unpaired) electrons. The van der Waals surface area contributed by atoms with Gasteiger partial charge in [-0.1, -0.05) is 78.9 Å². The highest BCUT2D eigenvalue weighted by Crippen LogP contribution is 2.31. The van der Waals surface area contributed by atoms with E-state index in [-0.39, 0.29) is 23.9 Å². The summed E-state index contributed by atoms with van der Waals surface area (Å²) >= 11 is 0. The molecule has 3 saturated heterocycles. The van der Waals surface area contributed by atoms with E-state index in [1.165, 1.54) is 27.8 Å². The number of amides is 2. The summed E-state index contributed by atoms with van der Waals surface area (Å²) in [5, 5.41) is 28.0. The van der Waals surface area contributed by atoms with Crippen molar-refractivity contribution in [2.45, 2.75) is 57.4 Å². The summed E-state index contributed by atoms with van der Waals surface area (Å²) < 4.78 is 0. The number of rotatable bonds is 15. The van der Waals surface area contributed by atoms with Crippen molar-refractivity contribution in [2.24, 2.45) is 0 Å². The van der Waals surface area contributed by atoms with Gasteiger partial charge in [0.15, 0.2) is 0 Å². The molecule has 3 N–H and O–H groups in total. The Morgan fingerprint density at radius 1 is 0.500 bits per heavy atom. The maximum atomic E-state index is 13.2. The second kappa shape index (κ2) is 23.6. The van der Waals surface area contributed by atoms with E-state index in [0.29, 0.717) is 22.5 Å². The van der Waals surface area contributed by atoms with Gasteiger partial charge in [0.05, 0.1) is 47.0 Å². The van der Waals surface area contributed by atoms with Gasteiger partial charge in [-0.3, -0.25) is 24.3 Å². The number of nitrogens with zero attached hydrogens (tertiary/aromatic N) is 8. The van der Waals surface area contributed by atoms with Gasteiger partial charge in [0.1, 0.15) is 11.4 Å². The van der Waals surface area contributed by atoms with Crippen LogP contribution in [0.4, 0.5) is 17.1 Å². The summed E-state index contributed by atoms with van der Waals surface area (Å²) in [6.07, 6.45) is 7.08. The monoisotopic (exact) mass is 980 g/mol. The number of hydrogen-bond acceptors (Lipinski definition) is 11. The predicted octanol–water partition coefficient (Wildman–Crippen LogP) is 9.41. The van der Waals surface area contributed by atoms with Crippen LogP contribution in [-0.2, 0) is 19.6 Å². The summed E-state index contributed by atoms with van der Waals surface area (Å²) in [7, 11) is 0. The molecule has 372 valence electrons. The fraction of sp³-hybridized carbons (Fsp3) is 0.279. The zero-order valence-corrected chi connectivity index (χ0v) is 41.7. The molecule has 7 aromatic rings. The van der Waals surface area contributed by atoms with Gasteiger partial charge < -0.3 is 20.9 Å². The van der Waals surface area contributed by atoms with E-state index in [1.54, 1.807) is 12.3 Å². The molecular weight excluding hydrogens is 919 g/mol. The molecule has 10 rings (SSSR count). The van der Waals surface area contributed by atoms with Crippen LogP contribution in [0, 0.1) is 22.7 Å². The second-order valence-corrected chi connectivity index (χ2v) is 19.7. The van der Waals surface area contributed by atoms with E-state index in [0.717, 1.165) is 126 Å². The Labute approximate surface area is 434 Å². The minimum atomic E-state index is -0.155. The standard InChI is InChI=1S/C61H61N11O2/c62-37-44-8-12-46(13-9-44)41-69-28-24-53(25-29-69)67-60(73)58-22-20-55(39-64-58)66-52-18-16-48(17-19-52)49-5-3-6-50(36-49)57-7-2-1-4-51(57)43-71-32-34-72(35-33-71)56-21-23-59(65-40-56)61(74)68-54-26-30-70(31-27-54)42-47-14-10-45(38-63)11-15-47/h1-23,36,39-40,53-54,66H,24-35,41-43H2,(H,67,73)(H,68,74). The summed E-state index contributed by atoms with van der Waals surface area (Å²) in [6.45, 7) is 9.73.